The maximum atomic E-state index is 14.6. The number of anilines is 1. The monoisotopic (exact) mass is 458 g/mol. The molecule has 0 unspecified atom stereocenters. The molecule has 9 nitrogen and oxygen atoms in total. The summed E-state index contributed by atoms with van der Waals surface area (Å²) in [6.45, 7) is 3.37. The zero-order valence-corrected chi connectivity index (χ0v) is 18.8. The van der Waals surface area contributed by atoms with Gasteiger partial charge in [-0.05, 0) is 31.5 Å². The van der Waals surface area contributed by atoms with E-state index in [-0.39, 0.29) is 41.0 Å². The Morgan fingerprint density at radius 3 is 2.85 bits per heavy atom. The number of methoxy groups -OCH3 is 1. The molecule has 2 heterocycles. The number of esters is 1. The van der Waals surface area contributed by atoms with Gasteiger partial charge in [0.25, 0.3) is 0 Å². The SMILES string of the molecule is CCOC(=O)c1nc(-c2cc(C#C[C@@H]3CCN(C)C3=O)ccc2F)ncc1NCCOC.O. The van der Waals surface area contributed by atoms with E-state index < -0.39 is 11.8 Å². The lowest BCUT2D eigenvalue weighted by molar-refractivity contribution is -0.128. The summed E-state index contributed by atoms with van der Waals surface area (Å²) in [6, 6.07) is 4.30. The molecule has 0 spiro atoms. The van der Waals surface area contributed by atoms with Crippen LogP contribution in [-0.4, -0.2) is 72.7 Å². The second-order valence-electron chi connectivity index (χ2n) is 7.16. The van der Waals surface area contributed by atoms with Crippen molar-refractivity contribution in [3.8, 4) is 23.2 Å². The number of likely N-dealkylation sites (tertiary alicyclic amines) is 1. The molecule has 1 aromatic heterocycles. The molecule has 10 heteroatoms. The highest BCUT2D eigenvalue weighted by Gasteiger charge is 2.27. The zero-order valence-electron chi connectivity index (χ0n) is 18.8. The van der Waals surface area contributed by atoms with Crippen LogP contribution in [0.5, 0.6) is 0 Å². The van der Waals surface area contributed by atoms with E-state index in [1.54, 1.807) is 26.0 Å². The first-order valence-electron chi connectivity index (χ1n) is 10.3. The molecule has 33 heavy (non-hydrogen) atoms. The summed E-state index contributed by atoms with van der Waals surface area (Å²) in [5.41, 5.74) is 0.987. The molecule has 1 saturated heterocycles. The van der Waals surface area contributed by atoms with E-state index in [0.717, 1.165) is 0 Å². The predicted molar refractivity (Wildman–Crippen MR) is 120 cm³/mol. The van der Waals surface area contributed by atoms with E-state index in [9.17, 15) is 14.0 Å². The van der Waals surface area contributed by atoms with Gasteiger partial charge in [-0.1, -0.05) is 11.8 Å². The smallest absolute Gasteiger partial charge is 0.359 e. The normalized spacial score (nSPS) is 14.8. The van der Waals surface area contributed by atoms with Crippen molar-refractivity contribution < 1.29 is 28.9 Å². The van der Waals surface area contributed by atoms with Crippen molar-refractivity contribution in [2.24, 2.45) is 5.92 Å². The number of hydrogen-bond acceptors (Lipinski definition) is 7. The molecular weight excluding hydrogens is 431 g/mol. The Morgan fingerprint density at radius 2 is 2.18 bits per heavy atom. The first kappa shape index (κ1) is 25.7. The van der Waals surface area contributed by atoms with Crippen LogP contribution in [0.3, 0.4) is 0 Å². The van der Waals surface area contributed by atoms with Crippen LogP contribution in [0, 0.1) is 23.6 Å². The fourth-order valence-electron chi connectivity index (χ4n) is 3.18. The van der Waals surface area contributed by atoms with Crippen molar-refractivity contribution in [1.29, 1.82) is 0 Å². The van der Waals surface area contributed by atoms with Gasteiger partial charge in [-0.25, -0.2) is 19.2 Å². The summed E-state index contributed by atoms with van der Waals surface area (Å²) in [7, 11) is 3.30. The molecule has 2 aromatic rings. The minimum absolute atomic E-state index is 0. The van der Waals surface area contributed by atoms with Gasteiger partial charge in [0, 0.05) is 32.8 Å². The summed E-state index contributed by atoms with van der Waals surface area (Å²) < 4.78 is 24.7. The van der Waals surface area contributed by atoms with Gasteiger partial charge >= 0.3 is 5.97 Å². The topological polar surface area (TPSA) is 125 Å². The molecule has 176 valence electrons. The van der Waals surface area contributed by atoms with Gasteiger partial charge in [0.05, 0.1) is 30.7 Å². The molecular formula is C23H27FN4O5. The number of aromatic nitrogens is 2. The fraction of sp³-hybridized carbons (Fsp3) is 0.391. The van der Waals surface area contributed by atoms with E-state index in [1.807, 2.05) is 0 Å². The summed E-state index contributed by atoms with van der Waals surface area (Å²) in [6.07, 6.45) is 2.08. The van der Waals surface area contributed by atoms with Crippen LogP contribution < -0.4 is 5.32 Å². The number of carbonyl (C=O) groups is 2. The third-order valence-corrected chi connectivity index (χ3v) is 4.90. The Morgan fingerprint density at radius 1 is 1.39 bits per heavy atom. The van der Waals surface area contributed by atoms with Crippen LogP contribution >= 0.6 is 0 Å². The molecule has 0 radical (unpaired) electrons. The third kappa shape index (κ3) is 6.25. The van der Waals surface area contributed by atoms with Gasteiger partial charge < -0.3 is 25.2 Å². The van der Waals surface area contributed by atoms with Crippen molar-refractivity contribution in [3.05, 3.63) is 41.5 Å². The highest BCUT2D eigenvalue weighted by molar-refractivity contribution is 5.93. The van der Waals surface area contributed by atoms with Crippen molar-refractivity contribution in [2.45, 2.75) is 13.3 Å². The van der Waals surface area contributed by atoms with Crippen LogP contribution in [0.2, 0.25) is 0 Å². The van der Waals surface area contributed by atoms with E-state index in [2.05, 4.69) is 27.1 Å². The van der Waals surface area contributed by atoms with Crippen molar-refractivity contribution >= 4 is 17.6 Å². The number of nitrogens with zero attached hydrogens (tertiary/aromatic N) is 3. The van der Waals surface area contributed by atoms with Gasteiger partial charge in [-0.3, -0.25) is 4.79 Å². The molecule has 1 fully saturated rings. The molecule has 1 aromatic carbocycles. The Labute approximate surface area is 191 Å². The molecule has 1 aliphatic heterocycles. The first-order valence-corrected chi connectivity index (χ1v) is 10.3. The molecule has 1 amide bonds. The van der Waals surface area contributed by atoms with Crippen LogP contribution in [0.15, 0.2) is 24.4 Å². The van der Waals surface area contributed by atoms with E-state index in [4.69, 9.17) is 9.47 Å². The Balaban J connectivity index is 0.00000385. The van der Waals surface area contributed by atoms with Crippen LogP contribution in [0.25, 0.3) is 11.4 Å². The summed E-state index contributed by atoms with van der Waals surface area (Å²) >= 11 is 0. The molecule has 0 bridgehead atoms. The average Bonchev–Trinajstić information content (AvgIpc) is 3.11. The second kappa shape index (κ2) is 11.9. The standard InChI is InChI=1S/C23H25FN4O4.H2O/c1-4-32-23(30)20-19(25-10-12-31-3)14-26-21(27-20)17-13-15(6-8-18(17)24)5-7-16-9-11-28(2)22(16)29;/h6,8,13-14,16,25H,4,9-12H2,1-3H3;1H2/t16-;/m1./s1. The minimum Gasteiger partial charge on any atom is -0.461 e. The maximum absolute atomic E-state index is 14.6. The number of amides is 1. The summed E-state index contributed by atoms with van der Waals surface area (Å²) in [5, 5.41) is 3.01. The number of rotatable bonds is 7. The van der Waals surface area contributed by atoms with Crippen molar-refractivity contribution in [2.75, 3.05) is 45.8 Å². The highest BCUT2D eigenvalue weighted by Crippen LogP contribution is 2.24. The number of halogens is 1. The number of nitrogens with one attached hydrogen (secondary N) is 1. The first-order chi connectivity index (χ1) is 15.4. The lowest BCUT2D eigenvalue weighted by Gasteiger charge is -2.12. The number of hydrogen-bond donors (Lipinski definition) is 1. The molecule has 3 rings (SSSR count). The highest BCUT2D eigenvalue weighted by atomic mass is 19.1. The predicted octanol–water partition coefficient (Wildman–Crippen LogP) is 1.52. The Kier molecular flexibility index (Phi) is 9.27. The zero-order chi connectivity index (χ0) is 23.1. The van der Waals surface area contributed by atoms with Crippen LogP contribution in [0.4, 0.5) is 10.1 Å². The van der Waals surface area contributed by atoms with Gasteiger partial charge in [0.2, 0.25) is 5.91 Å². The second-order valence-corrected chi connectivity index (χ2v) is 7.16. The fourth-order valence-corrected chi connectivity index (χ4v) is 3.18. The van der Waals surface area contributed by atoms with Gasteiger partial charge in [-0.15, -0.1) is 0 Å². The summed E-state index contributed by atoms with van der Waals surface area (Å²) in [5.74, 6) is 4.36. The maximum Gasteiger partial charge on any atom is 0.359 e. The number of benzene rings is 1. The van der Waals surface area contributed by atoms with E-state index in [1.165, 1.54) is 24.4 Å². The Bertz CT molecular complexity index is 1070. The number of ether oxygens (including phenoxy) is 2. The van der Waals surface area contributed by atoms with Gasteiger partial charge in [0.1, 0.15) is 11.7 Å². The molecule has 1 aliphatic rings. The largest absolute Gasteiger partial charge is 0.461 e. The quantitative estimate of drug-likeness (QED) is 0.379. The van der Waals surface area contributed by atoms with E-state index >= 15 is 0 Å². The van der Waals surface area contributed by atoms with Crippen molar-refractivity contribution in [3.63, 3.8) is 0 Å². The van der Waals surface area contributed by atoms with E-state index in [0.29, 0.717) is 37.4 Å². The van der Waals surface area contributed by atoms with Gasteiger partial charge in [-0.2, -0.15) is 0 Å². The number of carbonyl (C=O) groups excluding carboxylic acids is 2. The third-order valence-electron chi connectivity index (χ3n) is 4.90. The lowest BCUT2D eigenvalue weighted by Crippen LogP contribution is -2.21. The van der Waals surface area contributed by atoms with Crippen molar-refractivity contribution in [1.82, 2.24) is 14.9 Å². The van der Waals surface area contributed by atoms with Gasteiger partial charge in [0.15, 0.2) is 11.5 Å². The molecule has 3 N–H and O–H groups in total. The minimum atomic E-state index is -0.642. The summed E-state index contributed by atoms with van der Waals surface area (Å²) in [4.78, 5) is 34.6. The molecule has 0 aliphatic carbocycles. The lowest BCUT2D eigenvalue weighted by atomic mass is 10.1. The molecule has 0 saturated carbocycles. The Hall–Kier alpha value is -3.55. The van der Waals surface area contributed by atoms with Crippen LogP contribution in [0.1, 0.15) is 29.4 Å². The van der Waals surface area contributed by atoms with Crippen LogP contribution in [-0.2, 0) is 14.3 Å². The average molecular weight is 458 g/mol. The molecule has 1 atom stereocenters.